The zero-order valence-electron chi connectivity index (χ0n) is 13.0. The predicted octanol–water partition coefficient (Wildman–Crippen LogP) is 3.41. The van der Waals surface area contributed by atoms with Crippen LogP contribution in [0, 0.1) is 11.3 Å². The number of hydrogen-bond donors (Lipinski definition) is 1. The third-order valence-corrected chi connectivity index (χ3v) is 4.29. The number of anilines is 1. The SMILES string of the molecule is CCCc1[nH+]c(NCc2ccco2)c(C#N)c2c1CCCC2. The van der Waals surface area contributed by atoms with Crippen molar-refractivity contribution in [2.75, 3.05) is 5.32 Å². The fourth-order valence-corrected chi connectivity index (χ4v) is 3.26. The molecule has 114 valence electrons. The summed E-state index contributed by atoms with van der Waals surface area (Å²) in [6, 6.07) is 6.21. The number of rotatable bonds is 5. The fraction of sp³-hybridized carbons (Fsp3) is 0.444. The van der Waals surface area contributed by atoms with Gasteiger partial charge in [0, 0.05) is 6.42 Å². The van der Waals surface area contributed by atoms with E-state index in [1.807, 2.05) is 12.1 Å². The summed E-state index contributed by atoms with van der Waals surface area (Å²) < 4.78 is 5.36. The first-order valence-corrected chi connectivity index (χ1v) is 8.09. The molecule has 2 aromatic rings. The molecule has 0 spiro atoms. The highest BCUT2D eigenvalue weighted by Crippen LogP contribution is 2.29. The van der Waals surface area contributed by atoms with E-state index in [9.17, 15) is 5.26 Å². The summed E-state index contributed by atoms with van der Waals surface area (Å²) in [5, 5.41) is 13.0. The molecular weight excluding hydrogens is 274 g/mol. The summed E-state index contributed by atoms with van der Waals surface area (Å²) in [5.74, 6) is 1.70. The molecule has 0 saturated carbocycles. The van der Waals surface area contributed by atoms with Gasteiger partial charge in [0.25, 0.3) is 5.82 Å². The van der Waals surface area contributed by atoms with Gasteiger partial charge in [-0.1, -0.05) is 6.92 Å². The Labute approximate surface area is 131 Å². The van der Waals surface area contributed by atoms with E-state index in [2.05, 4.69) is 23.3 Å². The molecule has 2 aromatic heterocycles. The maximum atomic E-state index is 9.62. The second-order valence-electron chi connectivity index (χ2n) is 5.81. The van der Waals surface area contributed by atoms with Crippen LogP contribution in [0.4, 0.5) is 5.82 Å². The standard InChI is InChI=1S/C18H21N3O/c1-2-6-17-15-9-4-3-8-14(15)16(11-19)18(21-17)20-12-13-7-5-10-22-13/h5,7,10H,2-4,6,8-9,12H2,1H3,(H,20,21)/p+1. The van der Waals surface area contributed by atoms with Gasteiger partial charge in [0.2, 0.25) is 0 Å². The van der Waals surface area contributed by atoms with E-state index in [0.717, 1.165) is 42.8 Å². The Morgan fingerprint density at radius 2 is 2.14 bits per heavy atom. The lowest BCUT2D eigenvalue weighted by molar-refractivity contribution is -0.375. The Morgan fingerprint density at radius 3 is 2.82 bits per heavy atom. The largest absolute Gasteiger partial charge is 0.465 e. The second kappa shape index (κ2) is 6.65. The summed E-state index contributed by atoms with van der Waals surface area (Å²) in [4.78, 5) is 3.48. The van der Waals surface area contributed by atoms with Gasteiger partial charge in [0.15, 0.2) is 0 Å². The lowest BCUT2D eigenvalue weighted by Crippen LogP contribution is -2.25. The molecule has 0 bridgehead atoms. The molecule has 1 aliphatic rings. The van der Waals surface area contributed by atoms with Crippen LogP contribution in [0.5, 0.6) is 0 Å². The summed E-state index contributed by atoms with van der Waals surface area (Å²) in [6.45, 7) is 2.78. The number of aromatic amines is 1. The summed E-state index contributed by atoms with van der Waals surface area (Å²) in [5.41, 5.74) is 4.70. The average molecular weight is 296 g/mol. The average Bonchev–Trinajstić information content (AvgIpc) is 3.06. The topological polar surface area (TPSA) is 63.1 Å². The predicted molar refractivity (Wildman–Crippen MR) is 84.4 cm³/mol. The molecule has 4 heteroatoms. The van der Waals surface area contributed by atoms with Crippen LogP contribution in [0.2, 0.25) is 0 Å². The van der Waals surface area contributed by atoms with Crippen molar-refractivity contribution in [1.82, 2.24) is 0 Å². The van der Waals surface area contributed by atoms with Crippen LogP contribution in [0.1, 0.15) is 54.3 Å². The summed E-state index contributed by atoms with van der Waals surface area (Å²) >= 11 is 0. The fourth-order valence-electron chi connectivity index (χ4n) is 3.26. The summed E-state index contributed by atoms with van der Waals surface area (Å²) in [6.07, 6.45) is 8.31. The van der Waals surface area contributed by atoms with Crippen molar-refractivity contribution in [3.63, 3.8) is 0 Å². The zero-order valence-corrected chi connectivity index (χ0v) is 13.0. The highest BCUT2D eigenvalue weighted by Gasteiger charge is 2.25. The number of nitriles is 1. The molecule has 0 unspecified atom stereocenters. The van der Waals surface area contributed by atoms with Crippen molar-refractivity contribution in [1.29, 1.82) is 5.26 Å². The molecule has 22 heavy (non-hydrogen) atoms. The molecule has 0 aliphatic heterocycles. The van der Waals surface area contributed by atoms with Gasteiger partial charge < -0.3 is 4.42 Å². The van der Waals surface area contributed by atoms with E-state index < -0.39 is 0 Å². The van der Waals surface area contributed by atoms with Gasteiger partial charge in [-0.25, -0.2) is 4.98 Å². The van der Waals surface area contributed by atoms with E-state index in [4.69, 9.17) is 4.42 Å². The number of nitrogens with one attached hydrogen (secondary N) is 2. The van der Waals surface area contributed by atoms with Crippen molar-refractivity contribution >= 4 is 5.82 Å². The monoisotopic (exact) mass is 296 g/mol. The van der Waals surface area contributed by atoms with E-state index >= 15 is 0 Å². The molecule has 0 saturated heterocycles. The van der Waals surface area contributed by atoms with Gasteiger partial charge in [-0.05, 0) is 55.4 Å². The minimum atomic E-state index is 0.586. The molecule has 4 nitrogen and oxygen atoms in total. The molecule has 0 radical (unpaired) electrons. The molecule has 2 heterocycles. The van der Waals surface area contributed by atoms with Gasteiger partial charge >= 0.3 is 0 Å². The lowest BCUT2D eigenvalue weighted by Gasteiger charge is -2.19. The van der Waals surface area contributed by atoms with Crippen LogP contribution in [0.3, 0.4) is 0 Å². The third kappa shape index (κ3) is 2.85. The number of nitrogens with zero attached hydrogens (tertiary/aromatic N) is 1. The van der Waals surface area contributed by atoms with E-state index in [0.29, 0.717) is 6.54 Å². The normalized spacial score (nSPS) is 13.5. The van der Waals surface area contributed by atoms with Crippen LogP contribution in [-0.4, -0.2) is 0 Å². The zero-order chi connectivity index (χ0) is 15.4. The number of furan rings is 1. The number of fused-ring (bicyclic) bond motifs is 1. The van der Waals surface area contributed by atoms with Crippen molar-refractivity contribution in [3.8, 4) is 6.07 Å². The highest BCUT2D eigenvalue weighted by molar-refractivity contribution is 5.56. The first-order chi connectivity index (χ1) is 10.8. The molecule has 0 amide bonds. The maximum absolute atomic E-state index is 9.62. The van der Waals surface area contributed by atoms with Gasteiger partial charge in [0.05, 0.1) is 6.26 Å². The number of hydrogen-bond acceptors (Lipinski definition) is 3. The molecule has 3 rings (SSSR count). The number of H-pyrrole nitrogens is 1. The Kier molecular flexibility index (Phi) is 4.43. The van der Waals surface area contributed by atoms with E-state index in [1.54, 1.807) is 6.26 Å². The Morgan fingerprint density at radius 1 is 1.32 bits per heavy atom. The van der Waals surface area contributed by atoms with Crippen molar-refractivity contribution in [2.24, 2.45) is 0 Å². The third-order valence-electron chi connectivity index (χ3n) is 4.29. The molecule has 2 N–H and O–H groups in total. The molecule has 1 aliphatic carbocycles. The minimum absolute atomic E-state index is 0.586. The summed E-state index contributed by atoms with van der Waals surface area (Å²) in [7, 11) is 0. The Hall–Kier alpha value is -2.28. The van der Waals surface area contributed by atoms with Gasteiger partial charge in [-0.3, -0.25) is 5.32 Å². The minimum Gasteiger partial charge on any atom is -0.465 e. The number of aromatic nitrogens is 1. The first kappa shape index (κ1) is 14.6. The molecular formula is C18H22N3O+. The second-order valence-corrected chi connectivity index (χ2v) is 5.81. The maximum Gasteiger partial charge on any atom is 0.291 e. The lowest BCUT2D eigenvalue weighted by atomic mass is 9.87. The Bertz CT molecular complexity index is 683. The van der Waals surface area contributed by atoms with Gasteiger partial charge in [0.1, 0.15) is 29.6 Å². The first-order valence-electron chi connectivity index (χ1n) is 8.09. The molecule has 0 atom stereocenters. The Balaban J connectivity index is 1.97. The molecule has 0 fully saturated rings. The number of aryl methyl sites for hydroxylation is 1. The number of pyridine rings is 1. The van der Waals surface area contributed by atoms with Crippen LogP contribution >= 0.6 is 0 Å². The van der Waals surface area contributed by atoms with Crippen LogP contribution in [-0.2, 0) is 25.8 Å². The van der Waals surface area contributed by atoms with Gasteiger partial charge in [-0.2, -0.15) is 5.26 Å². The van der Waals surface area contributed by atoms with Crippen LogP contribution < -0.4 is 10.3 Å². The van der Waals surface area contributed by atoms with Crippen LogP contribution in [0.15, 0.2) is 22.8 Å². The van der Waals surface area contributed by atoms with E-state index in [-0.39, 0.29) is 0 Å². The van der Waals surface area contributed by atoms with Crippen molar-refractivity contribution in [3.05, 3.63) is 46.5 Å². The smallest absolute Gasteiger partial charge is 0.291 e. The van der Waals surface area contributed by atoms with E-state index in [1.165, 1.54) is 29.7 Å². The van der Waals surface area contributed by atoms with Gasteiger partial charge in [-0.15, -0.1) is 0 Å². The quantitative estimate of drug-likeness (QED) is 0.919. The highest BCUT2D eigenvalue weighted by atomic mass is 16.3. The van der Waals surface area contributed by atoms with Crippen molar-refractivity contribution < 1.29 is 9.40 Å². The molecule has 0 aromatic carbocycles. The van der Waals surface area contributed by atoms with Crippen molar-refractivity contribution in [2.45, 2.75) is 52.0 Å². The van der Waals surface area contributed by atoms with Crippen LogP contribution in [0.25, 0.3) is 0 Å².